The van der Waals surface area contributed by atoms with Crippen molar-refractivity contribution in [2.45, 2.75) is 51.1 Å². The molecule has 34 heavy (non-hydrogen) atoms. The van der Waals surface area contributed by atoms with E-state index in [1.165, 1.54) is 11.1 Å². The van der Waals surface area contributed by atoms with Crippen LogP contribution in [0.5, 0.6) is 0 Å². The molecule has 0 unspecified atom stereocenters. The van der Waals surface area contributed by atoms with Gasteiger partial charge in [-0.2, -0.15) is 0 Å². The Kier molecular flexibility index (Phi) is 5.58. The van der Waals surface area contributed by atoms with Gasteiger partial charge in [0.05, 0.1) is 11.3 Å². The SMILES string of the molecule is CC(C)(CNC(=O)OCC1c2ccccc2-c2ccccc21)C(=O)N1[C@@H]2CC[C@H]1[C@@H](C(=O)O)C2. The summed E-state index contributed by atoms with van der Waals surface area (Å²) in [6.45, 7) is 3.90. The van der Waals surface area contributed by atoms with Crippen LogP contribution in [0.4, 0.5) is 4.79 Å². The Morgan fingerprint density at radius 2 is 1.65 bits per heavy atom. The first-order valence-corrected chi connectivity index (χ1v) is 11.9. The Labute approximate surface area is 199 Å². The number of fused-ring (bicyclic) bond motifs is 5. The fourth-order valence-electron chi connectivity index (χ4n) is 5.94. The molecule has 5 rings (SSSR count). The van der Waals surface area contributed by atoms with Crippen LogP contribution in [0.25, 0.3) is 11.1 Å². The summed E-state index contributed by atoms with van der Waals surface area (Å²) in [5.41, 5.74) is 3.76. The molecule has 2 aliphatic heterocycles. The first-order chi connectivity index (χ1) is 16.3. The van der Waals surface area contributed by atoms with E-state index in [9.17, 15) is 19.5 Å². The largest absolute Gasteiger partial charge is 0.481 e. The number of hydrogen-bond donors (Lipinski definition) is 2. The topological polar surface area (TPSA) is 95.9 Å². The third kappa shape index (κ3) is 3.73. The third-order valence-corrected chi connectivity index (χ3v) is 7.69. The summed E-state index contributed by atoms with van der Waals surface area (Å²) >= 11 is 0. The van der Waals surface area contributed by atoms with Gasteiger partial charge in [-0.3, -0.25) is 9.59 Å². The van der Waals surface area contributed by atoms with Crippen LogP contribution < -0.4 is 5.32 Å². The zero-order valence-corrected chi connectivity index (χ0v) is 19.5. The van der Waals surface area contributed by atoms with Crippen molar-refractivity contribution in [1.82, 2.24) is 10.2 Å². The average molecular weight is 463 g/mol. The Bertz CT molecular complexity index is 1100. The third-order valence-electron chi connectivity index (χ3n) is 7.69. The smallest absolute Gasteiger partial charge is 0.407 e. The fourth-order valence-corrected chi connectivity index (χ4v) is 5.94. The summed E-state index contributed by atoms with van der Waals surface area (Å²) in [6.07, 6.45) is 1.52. The van der Waals surface area contributed by atoms with Crippen LogP contribution in [0.3, 0.4) is 0 Å². The number of hydrogen-bond acceptors (Lipinski definition) is 4. The number of carboxylic acid groups (broad SMARTS) is 1. The number of carbonyl (C=O) groups excluding carboxylic acids is 2. The number of nitrogens with zero attached hydrogens (tertiary/aromatic N) is 1. The van der Waals surface area contributed by atoms with E-state index in [0.717, 1.165) is 24.0 Å². The number of carbonyl (C=O) groups is 3. The van der Waals surface area contributed by atoms with Crippen molar-refractivity contribution in [2.75, 3.05) is 13.2 Å². The van der Waals surface area contributed by atoms with Crippen LogP contribution in [-0.4, -0.2) is 53.2 Å². The molecule has 0 radical (unpaired) electrons. The molecule has 0 spiro atoms. The molecule has 1 aliphatic carbocycles. The molecular weight excluding hydrogens is 432 g/mol. The molecule has 2 N–H and O–H groups in total. The number of ether oxygens (including phenoxy) is 1. The van der Waals surface area contributed by atoms with Gasteiger partial charge in [0.15, 0.2) is 0 Å². The molecule has 2 fully saturated rings. The van der Waals surface area contributed by atoms with Crippen molar-refractivity contribution < 1.29 is 24.2 Å². The van der Waals surface area contributed by atoms with Gasteiger partial charge in [0.2, 0.25) is 5.91 Å². The maximum absolute atomic E-state index is 13.3. The second kappa shape index (κ2) is 8.46. The van der Waals surface area contributed by atoms with Crippen LogP contribution in [0, 0.1) is 11.3 Å². The molecule has 2 saturated heterocycles. The number of alkyl carbamates (subject to hydrolysis) is 1. The second-order valence-corrected chi connectivity index (χ2v) is 10.3. The number of carboxylic acids is 1. The quantitative estimate of drug-likeness (QED) is 0.676. The molecule has 0 saturated carbocycles. The van der Waals surface area contributed by atoms with E-state index >= 15 is 0 Å². The Morgan fingerprint density at radius 1 is 1.03 bits per heavy atom. The number of nitrogens with one attached hydrogen (secondary N) is 1. The lowest BCUT2D eigenvalue weighted by molar-refractivity contribution is -0.145. The standard InChI is InChI=1S/C27H30N2O5/c1-27(2,25(32)29-16-11-12-23(29)21(13-16)24(30)31)15-28-26(33)34-14-22-19-9-5-3-7-17(19)18-8-4-6-10-20(18)22/h3-10,16,21-23H,11-15H2,1-2H3,(H,28,33)(H,30,31)/t16-,21+,23+/m1/s1. The minimum atomic E-state index is -0.861. The molecule has 3 aliphatic rings. The van der Waals surface area contributed by atoms with Gasteiger partial charge in [-0.25, -0.2) is 4.79 Å². The summed E-state index contributed by atoms with van der Waals surface area (Å²) < 4.78 is 5.59. The van der Waals surface area contributed by atoms with Crippen LogP contribution in [0.15, 0.2) is 48.5 Å². The van der Waals surface area contributed by atoms with E-state index in [0.29, 0.717) is 6.42 Å². The normalized spacial score (nSPS) is 22.9. The van der Waals surface area contributed by atoms with Crippen molar-refractivity contribution in [3.63, 3.8) is 0 Å². The Morgan fingerprint density at radius 3 is 2.24 bits per heavy atom. The molecule has 0 aromatic heterocycles. The summed E-state index contributed by atoms with van der Waals surface area (Å²) in [5, 5.41) is 12.2. The highest BCUT2D eigenvalue weighted by molar-refractivity contribution is 5.85. The highest BCUT2D eigenvalue weighted by Crippen LogP contribution is 2.45. The number of rotatable bonds is 6. The van der Waals surface area contributed by atoms with Gasteiger partial charge >= 0.3 is 12.1 Å². The lowest BCUT2D eigenvalue weighted by atomic mass is 9.89. The number of benzene rings is 2. The summed E-state index contributed by atoms with van der Waals surface area (Å²) in [6, 6.07) is 16.0. The van der Waals surface area contributed by atoms with Gasteiger partial charge in [-0.05, 0) is 55.4 Å². The van der Waals surface area contributed by atoms with Crippen molar-refractivity contribution >= 4 is 18.0 Å². The van der Waals surface area contributed by atoms with Crippen LogP contribution in [0.2, 0.25) is 0 Å². The molecule has 2 aromatic carbocycles. The van der Waals surface area contributed by atoms with Crippen molar-refractivity contribution in [1.29, 1.82) is 0 Å². The number of aliphatic carboxylic acids is 1. The predicted octanol–water partition coefficient (Wildman–Crippen LogP) is 4.02. The van der Waals surface area contributed by atoms with Gasteiger partial charge in [0, 0.05) is 24.5 Å². The second-order valence-electron chi connectivity index (χ2n) is 10.3. The Balaban J connectivity index is 1.19. The summed E-state index contributed by atoms with van der Waals surface area (Å²) in [7, 11) is 0. The average Bonchev–Trinajstić information content (AvgIpc) is 3.50. The van der Waals surface area contributed by atoms with Crippen LogP contribution >= 0.6 is 0 Å². The van der Waals surface area contributed by atoms with Crippen LogP contribution in [-0.2, 0) is 14.3 Å². The molecular formula is C27H30N2O5. The zero-order valence-electron chi connectivity index (χ0n) is 19.5. The van der Waals surface area contributed by atoms with Gasteiger partial charge < -0.3 is 20.1 Å². The van der Waals surface area contributed by atoms with E-state index in [1.54, 1.807) is 18.7 Å². The molecule has 7 nitrogen and oxygen atoms in total. The maximum atomic E-state index is 13.3. The summed E-state index contributed by atoms with van der Waals surface area (Å²) in [4.78, 5) is 39.2. The Hall–Kier alpha value is -3.35. The van der Waals surface area contributed by atoms with Gasteiger partial charge in [0.1, 0.15) is 6.61 Å². The van der Waals surface area contributed by atoms with Gasteiger partial charge in [-0.1, -0.05) is 48.5 Å². The minimum Gasteiger partial charge on any atom is -0.481 e. The molecule has 2 heterocycles. The highest BCUT2D eigenvalue weighted by Gasteiger charge is 2.53. The predicted molar refractivity (Wildman–Crippen MR) is 126 cm³/mol. The number of amides is 2. The van der Waals surface area contributed by atoms with Gasteiger partial charge in [0.25, 0.3) is 0 Å². The van der Waals surface area contributed by atoms with Crippen molar-refractivity contribution in [2.24, 2.45) is 11.3 Å². The fraction of sp³-hybridized carbons (Fsp3) is 0.444. The molecule has 3 atom stereocenters. The maximum Gasteiger partial charge on any atom is 0.407 e. The van der Waals surface area contributed by atoms with E-state index in [-0.39, 0.29) is 37.1 Å². The molecule has 2 bridgehead atoms. The summed E-state index contributed by atoms with van der Waals surface area (Å²) in [5.74, 6) is -1.46. The first kappa shape index (κ1) is 22.4. The van der Waals surface area contributed by atoms with Crippen LogP contribution in [0.1, 0.15) is 50.2 Å². The van der Waals surface area contributed by atoms with E-state index in [1.807, 2.05) is 24.3 Å². The monoisotopic (exact) mass is 462 g/mol. The molecule has 2 amide bonds. The van der Waals surface area contributed by atoms with E-state index in [4.69, 9.17) is 4.74 Å². The molecule has 7 heteroatoms. The zero-order chi connectivity index (χ0) is 24.0. The lowest BCUT2D eigenvalue weighted by Crippen LogP contribution is -2.49. The van der Waals surface area contributed by atoms with Crippen molar-refractivity contribution in [3.8, 4) is 11.1 Å². The first-order valence-electron chi connectivity index (χ1n) is 11.9. The van der Waals surface area contributed by atoms with Gasteiger partial charge in [-0.15, -0.1) is 0 Å². The van der Waals surface area contributed by atoms with Crippen molar-refractivity contribution in [3.05, 3.63) is 59.7 Å². The lowest BCUT2D eigenvalue weighted by Gasteiger charge is -2.32. The van der Waals surface area contributed by atoms with E-state index < -0.39 is 23.4 Å². The van der Waals surface area contributed by atoms with E-state index in [2.05, 4.69) is 29.6 Å². The molecule has 178 valence electrons. The molecule has 2 aromatic rings. The minimum absolute atomic E-state index is 0.0210. The highest BCUT2D eigenvalue weighted by atomic mass is 16.5.